The van der Waals surface area contributed by atoms with Gasteiger partial charge >= 0.3 is 6.18 Å². The van der Waals surface area contributed by atoms with E-state index in [2.05, 4.69) is 39.3 Å². The van der Waals surface area contributed by atoms with E-state index < -0.39 is 39.0 Å². The van der Waals surface area contributed by atoms with Gasteiger partial charge in [-0.15, -0.1) is 0 Å². The van der Waals surface area contributed by atoms with Crippen molar-refractivity contribution in [3.8, 4) is 0 Å². The van der Waals surface area contributed by atoms with E-state index >= 15 is 0 Å². The summed E-state index contributed by atoms with van der Waals surface area (Å²) >= 11 is 0. The van der Waals surface area contributed by atoms with E-state index in [1.165, 1.54) is 31.0 Å². The van der Waals surface area contributed by atoms with Gasteiger partial charge in [0.05, 0.1) is 0 Å². The van der Waals surface area contributed by atoms with E-state index in [4.69, 9.17) is 0 Å². The maximum absolute atomic E-state index is 12.2. The summed E-state index contributed by atoms with van der Waals surface area (Å²) in [5, 5.41) is 0. The third-order valence-electron chi connectivity index (χ3n) is 4.40. The van der Waals surface area contributed by atoms with Crippen LogP contribution in [0.4, 0.5) is 13.2 Å². The van der Waals surface area contributed by atoms with Gasteiger partial charge in [0.2, 0.25) is 0 Å². The van der Waals surface area contributed by atoms with Crippen LogP contribution < -0.4 is 0 Å². The molecule has 0 unspecified atom stereocenters. The van der Waals surface area contributed by atoms with E-state index in [-0.39, 0.29) is 0 Å². The fourth-order valence-corrected chi connectivity index (χ4v) is 13.2. The molecular weight excluding hydrogens is 374 g/mol. The van der Waals surface area contributed by atoms with Gasteiger partial charge < -0.3 is 0 Å². The molecule has 0 atom stereocenters. The summed E-state index contributed by atoms with van der Waals surface area (Å²) in [6.07, 6.45) is -1.65. The predicted molar refractivity (Wildman–Crippen MR) is 113 cm³/mol. The van der Waals surface area contributed by atoms with Crippen LogP contribution in [0.25, 0.3) is 0 Å². The van der Waals surface area contributed by atoms with Gasteiger partial charge in [0.25, 0.3) is 0 Å². The second-order valence-electron chi connectivity index (χ2n) is 8.87. The fourth-order valence-electron chi connectivity index (χ4n) is 4.28. The molecule has 2 radical (unpaired) electrons. The molecule has 0 aliphatic carbocycles. The van der Waals surface area contributed by atoms with Crippen LogP contribution in [0.5, 0.6) is 0 Å². The van der Waals surface area contributed by atoms with Gasteiger partial charge in [-0.25, -0.2) is 0 Å². The molecule has 0 aliphatic heterocycles. The van der Waals surface area contributed by atoms with E-state index in [0.29, 0.717) is 11.8 Å². The molecule has 0 bridgehead atoms. The summed E-state index contributed by atoms with van der Waals surface area (Å²) in [6.45, 7) is 14.9. The minimum Gasteiger partial charge on any atom is -0.171 e. The highest BCUT2D eigenvalue weighted by molar-refractivity contribution is 6.59. The maximum atomic E-state index is 12.2. The third kappa shape index (κ3) is 13.9. The van der Waals surface area contributed by atoms with Gasteiger partial charge in [0.1, 0.15) is 0 Å². The van der Waals surface area contributed by atoms with Crippen molar-refractivity contribution in [2.45, 2.75) is 101 Å². The first-order valence-electron chi connectivity index (χ1n) is 9.73. The molecule has 0 saturated carbocycles. The standard InChI is InChI=1S/C17H39F3Si4/c1-22(2)13-16(14-23(3)4,15-24(5)6)9-7-11-21-12-8-10-17(18,19)20/h22-24H,7-15H2,1-6H3. The largest absolute Gasteiger partial charge is 0.389 e. The number of rotatable bonds is 13. The lowest BCUT2D eigenvalue weighted by atomic mass is 9.89. The van der Waals surface area contributed by atoms with Gasteiger partial charge in [-0.3, -0.25) is 0 Å². The fraction of sp³-hybridized carbons (Fsp3) is 1.00. The van der Waals surface area contributed by atoms with Gasteiger partial charge in [0, 0.05) is 42.3 Å². The van der Waals surface area contributed by atoms with Gasteiger partial charge in [0.15, 0.2) is 0 Å². The quantitative estimate of drug-likeness (QED) is 0.253. The minimum absolute atomic E-state index is 0.323. The summed E-state index contributed by atoms with van der Waals surface area (Å²) in [6, 6.07) is 6.38. The Morgan fingerprint density at radius 3 is 1.38 bits per heavy atom. The Morgan fingerprint density at radius 1 is 0.667 bits per heavy atom. The molecule has 0 nitrogen and oxygen atoms in total. The van der Waals surface area contributed by atoms with E-state index in [1.807, 2.05) is 0 Å². The molecule has 0 amide bonds. The summed E-state index contributed by atoms with van der Waals surface area (Å²) in [7, 11) is -1.02. The van der Waals surface area contributed by atoms with Gasteiger partial charge in [-0.1, -0.05) is 75.9 Å². The van der Waals surface area contributed by atoms with Gasteiger partial charge in [-0.2, -0.15) is 13.2 Å². The summed E-state index contributed by atoms with van der Waals surface area (Å²) in [5.41, 5.74) is 0.609. The summed E-state index contributed by atoms with van der Waals surface area (Å²) < 4.78 is 36.5. The van der Waals surface area contributed by atoms with Crippen LogP contribution >= 0.6 is 0 Å². The minimum atomic E-state index is -3.97. The van der Waals surface area contributed by atoms with Crippen LogP contribution in [-0.2, 0) is 0 Å². The van der Waals surface area contributed by atoms with Crippen LogP contribution in [0.15, 0.2) is 0 Å². The second-order valence-corrected chi connectivity index (χ2v) is 20.0. The summed E-state index contributed by atoms with van der Waals surface area (Å²) in [4.78, 5) is 0. The molecular formula is C17H39F3Si4. The lowest BCUT2D eigenvalue weighted by molar-refractivity contribution is -0.134. The van der Waals surface area contributed by atoms with Crippen LogP contribution in [-0.4, -0.2) is 42.1 Å². The van der Waals surface area contributed by atoms with E-state index in [9.17, 15) is 13.2 Å². The lowest BCUT2D eigenvalue weighted by Crippen LogP contribution is -2.32. The average molecular weight is 413 g/mol. The number of halogens is 3. The molecule has 144 valence electrons. The van der Waals surface area contributed by atoms with Crippen molar-refractivity contribution >= 4 is 35.9 Å². The first-order valence-corrected chi connectivity index (χ1v) is 20.5. The summed E-state index contributed by atoms with van der Waals surface area (Å²) in [5.74, 6) is 0. The van der Waals surface area contributed by atoms with E-state index in [1.54, 1.807) is 0 Å². The smallest absolute Gasteiger partial charge is 0.171 e. The number of hydrogen-bond acceptors (Lipinski definition) is 0. The zero-order valence-electron chi connectivity index (χ0n) is 16.7. The molecule has 0 N–H and O–H groups in total. The Hall–Kier alpha value is 0.658. The van der Waals surface area contributed by atoms with Crippen LogP contribution in [0, 0.1) is 5.41 Å². The van der Waals surface area contributed by atoms with Gasteiger partial charge in [-0.05, 0) is 18.3 Å². The monoisotopic (exact) mass is 412 g/mol. The maximum Gasteiger partial charge on any atom is 0.389 e. The Labute approximate surface area is 156 Å². The lowest BCUT2D eigenvalue weighted by Gasteiger charge is -2.38. The van der Waals surface area contributed by atoms with Crippen LogP contribution in [0.1, 0.15) is 25.7 Å². The molecule has 7 heteroatoms. The zero-order chi connectivity index (χ0) is 18.8. The average Bonchev–Trinajstić information content (AvgIpc) is 2.33. The zero-order valence-corrected chi connectivity index (χ0v) is 21.2. The molecule has 0 aliphatic rings. The highest BCUT2D eigenvalue weighted by Crippen LogP contribution is 2.42. The molecule has 0 aromatic carbocycles. The molecule has 0 fully saturated rings. The highest BCUT2D eigenvalue weighted by Gasteiger charge is 2.32. The molecule has 0 rings (SSSR count). The molecule has 0 aromatic rings. The normalized spacial score (nSPS) is 13.5. The SMILES string of the molecule is C[SiH](C)CC(CCC[Si]CCCC(F)(F)F)(C[SiH](C)C)C[SiH](C)C. The Kier molecular flexibility index (Phi) is 12.5. The number of hydrogen-bond donors (Lipinski definition) is 0. The van der Waals surface area contributed by atoms with Crippen molar-refractivity contribution in [1.82, 2.24) is 0 Å². The van der Waals surface area contributed by atoms with E-state index in [0.717, 1.165) is 21.6 Å². The Bertz CT molecular complexity index is 291. The van der Waals surface area contributed by atoms with Crippen molar-refractivity contribution in [3.05, 3.63) is 0 Å². The second kappa shape index (κ2) is 12.1. The topological polar surface area (TPSA) is 0 Å². The Morgan fingerprint density at radius 2 is 1.04 bits per heavy atom. The van der Waals surface area contributed by atoms with Crippen molar-refractivity contribution in [1.29, 1.82) is 0 Å². The molecule has 24 heavy (non-hydrogen) atoms. The molecule has 0 heterocycles. The molecule has 0 spiro atoms. The highest BCUT2D eigenvalue weighted by atomic mass is 28.3. The molecule has 0 aromatic heterocycles. The predicted octanol–water partition coefficient (Wildman–Crippen LogP) is 6.10. The van der Waals surface area contributed by atoms with Crippen molar-refractivity contribution in [2.24, 2.45) is 5.41 Å². The molecule has 0 saturated heterocycles. The van der Waals surface area contributed by atoms with Crippen molar-refractivity contribution in [2.75, 3.05) is 0 Å². The number of alkyl halides is 3. The Balaban J connectivity index is 4.38. The van der Waals surface area contributed by atoms with Crippen molar-refractivity contribution in [3.63, 3.8) is 0 Å². The third-order valence-corrected chi connectivity index (χ3v) is 10.9. The first kappa shape index (κ1) is 24.7. The van der Waals surface area contributed by atoms with Crippen LogP contribution in [0.2, 0.25) is 69.5 Å². The first-order chi connectivity index (χ1) is 11.0. The van der Waals surface area contributed by atoms with Crippen molar-refractivity contribution < 1.29 is 13.2 Å². The van der Waals surface area contributed by atoms with Crippen LogP contribution in [0.3, 0.4) is 0 Å².